The number of rotatable bonds is 4. The van der Waals surface area contributed by atoms with E-state index in [0.29, 0.717) is 37.6 Å². The molecule has 25 heavy (non-hydrogen) atoms. The van der Waals surface area contributed by atoms with E-state index in [0.717, 1.165) is 17.0 Å². The molecule has 130 valence electrons. The number of nitrogens with one attached hydrogen (secondary N) is 1. The van der Waals surface area contributed by atoms with Crippen LogP contribution < -0.4 is 5.32 Å². The van der Waals surface area contributed by atoms with Gasteiger partial charge in [0.15, 0.2) is 0 Å². The normalized spacial score (nSPS) is 17.1. The van der Waals surface area contributed by atoms with Gasteiger partial charge in [-0.05, 0) is 13.0 Å². The number of hydrogen-bond acceptors (Lipinski definition) is 7. The lowest BCUT2D eigenvalue weighted by Crippen LogP contribution is -2.33. The van der Waals surface area contributed by atoms with Crippen LogP contribution in [-0.2, 0) is 17.9 Å². The van der Waals surface area contributed by atoms with Gasteiger partial charge in [0, 0.05) is 24.6 Å². The maximum Gasteiger partial charge on any atom is 0.256 e. The average molecular weight is 343 g/mol. The predicted octanol–water partition coefficient (Wildman–Crippen LogP) is 1.41. The van der Waals surface area contributed by atoms with Crippen LogP contribution in [0.3, 0.4) is 0 Å². The molecule has 1 amide bonds. The van der Waals surface area contributed by atoms with Gasteiger partial charge >= 0.3 is 0 Å². The molecule has 0 fully saturated rings. The summed E-state index contributed by atoms with van der Waals surface area (Å²) in [7, 11) is 0. The van der Waals surface area contributed by atoms with Crippen molar-refractivity contribution < 1.29 is 18.5 Å². The second kappa shape index (κ2) is 6.52. The summed E-state index contributed by atoms with van der Waals surface area (Å²) in [5.41, 5.74) is 2.99. The topological polar surface area (TPSA) is 108 Å². The number of fused-ring (bicyclic) bond motifs is 1. The van der Waals surface area contributed by atoms with Crippen molar-refractivity contribution in [2.75, 3.05) is 13.2 Å². The number of ether oxygens (including phenoxy) is 1. The summed E-state index contributed by atoms with van der Waals surface area (Å²) in [6.45, 7) is 3.72. The Morgan fingerprint density at radius 3 is 3.16 bits per heavy atom. The Labute approximate surface area is 142 Å². The van der Waals surface area contributed by atoms with Gasteiger partial charge in [-0.3, -0.25) is 4.79 Å². The number of carbonyl (C=O) groups excluding carboxylic acids is 1. The third-order valence-corrected chi connectivity index (χ3v) is 4.20. The molecule has 0 aliphatic carbocycles. The number of hydrogen-bond donors (Lipinski definition) is 1. The number of furan rings is 1. The van der Waals surface area contributed by atoms with Crippen molar-refractivity contribution in [1.29, 1.82) is 0 Å². The fraction of sp³-hybridized carbons (Fsp3) is 0.375. The molecular formula is C16H17N5O4. The molecule has 1 atom stereocenters. The molecule has 0 saturated heterocycles. The van der Waals surface area contributed by atoms with Crippen molar-refractivity contribution in [1.82, 2.24) is 25.5 Å². The number of carbonyl (C=O) groups is 1. The zero-order chi connectivity index (χ0) is 17.2. The molecule has 0 spiro atoms. The first-order chi connectivity index (χ1) is 12.2. The van der Waals surface area contributed by atoms with Crippen LogP contribution in [0.2, 0.25) is 0 Å². The van der Waals surface area contributed by atoms with Gasteiger partial charge in [-0.2, -0.15) is 0 Å². The van der Waals surface area contributed by atoms with Gasteiger partial charge in [-0.25, -0.2) is 4.68 Å². The molecule has 0 bridgehead atoms. The van der Waals surface area contributed by atoms with Crippen molar-refractivity contribution in [3.8, 4) is 11.3 Å². The summed E-state index contributed by atoms with van der Waals surface area (Å²) in [4.78, 5) is 12.2. The molecule has 3 aromatic heterocycles. The molecule has 0 radical (unpaired) electrons. The monoisotopic (exact) mass is 343 g/mol. The van der Waals surface area contributed by atoms with E-state index in [1.54, 1.807) is 19.5 Å². The molecule has 9 heteroatoms. The van der Waals surface area contributed by atoms with Crippen LogP contribution in [0.25, 0.3) is 11.3 Å². The summed E-state index contributed by atoms with van der Waals surface area (Å²) < 4.78 is 17.6. The molecule has 0 saturated carbocycles. The Bertz CT molecular complexity index is 867. The number of aryl methyl sites for hydroxylation is 1. The van der Waals surface area contributed by atoms with Crippen molar-refractivity contribution in [2.45, 2.75) is 20.1 Å². The van der Waals surface area contributed by atoms with Crippen LogP contribution in [0, 0.1) is 12.8 Å². The van der Waals surface area contributed by atoms with Gasteiger partial charge < -0.3 is 19.0 Å². The maximum atomic E-state index is 12.2. The highest BCUT2D eigenvalue weighted by atomic mass is 16.5. The lowest BCUT2D eigenvalue weighted by molar-refractivity contribution is 0.0851. The van der Waals surface area contributed by atoms with Crippen LogP contribution in [0.1, 0.15) is 21.8 Å². The fourth-order valence-corrected chi connectivity index (χ4v) is 2.84. The van der Waals surface area contributed by atoms with Crippen LogP contribution in [0.5, 0.6) is 0 Å². The number of aromatic nitrogens is 4. The highest BCUT2D eigenvalue weighted by Gasteiger charge is 2.23. The van der Waals surface area contributed by atoms with Gasteiger partial charge in [0.05, 0.1) is 37.6 Å². The lowest BCUT2D eigenvalue weighted by Gasteiger charge is -2.14. The molecule has 1 N–H and O–H groups in total. The van der Waals surface area contributed by atoms with E-state index in [2.05, 4.69) is 20.8 Å². The smallest absolute Gasteiger partial charge is 0.256 e. The van der Waals surface area contributed by atoms with E-state index in [9.17, 15) is 4.79 Å². The predicted molar refractivity (Wildman–Crippen MR) is 84.4 cm³/mol. The molecule has 3 aromatic rings. The molecule has 1 aliphatic rings. The molecule has 0 aromatic carbocycles. The Morgan fingerprint density at radius 1 is 1.48 bits per heavy atom. The molecular weight excluding hydrogens is 326 g/mol. The average Bonchev–Trinajstić information content (AvgIpc) is 3.32. The van der Waals surface area contributed by atoms with E-state index >= 15 is 0 Å². The Morgan fingerprint density at radius 2 is 2.40 bits per heavy atom. The third-order valence-electron chi connectivity index (χ3n) is 4.20. The molecule has 9 nitrogen and oxygen atoms in total. The van der Waals surface area contributed by atoms with Gasteiger partial charge in [0.2, 0.25) is 0 Å². The maximum absolute atomic E-state index is 12.2. The minimum Gasteiger partial charge on any atom is -0.472 e. The number of nitrogens with zero attached hydrogens (tertiary/aromatic N) is 4. The van der Waals surface area contributed by atoms with Crippen molar-refractivity contribution in [3.63, 3.8) is 0 Å². The third kappa shape index (κ3) is 3.05. The molecule has 4 rings (SSSR count). The first kappa shape index (κ1) is 15.6. The summed E-state index contributed by atoms with van der Waals surface area (Å²) in [6, 6.07) is 1.84. The Balaban J connectivity index is 1.44. The first-order valence-electron chi connectivity index (χ1n) is 7.94. The van der Waals surface area contributed by atoms with Crippen LogP contribution in [-0.4, -0.2) is 39.2 Å². The lowest BCUT2D eigenvalue weighted by atomic mass is 10.1. The van der Waals surface area contributed by atoms with Crippen LogP contribution >= 0.6 is 0 Å². The van der Waals surface area contributed by atoms with Crippen LogP contribution in [0.4, 0.5) is 0 Å². The van der Waals surface area contributed by atoms with E-state index < -0.39 is 0 Å². The van der Waals surface area contributed by atoms with Gasteiger partial charge in [-0.1, -0.05) is 10.4 Å². The second-order valence-corrected chi connectivity index (χ2v) is 5.97. The Kier molecular flexibility index (Phi) is 4.06. The van der Waals surface area contributed by atoms with Crippen LogP contribution in [0.15, 0.2) is 33.7 Å². The van der Waals surface area contributed by atoms with Gasteiger partial charge in [0.1, 0.15) is 17.0 Å². The summed E-state index contributed by atoms with van der Waals surface area (Å²) in [6.07, 6.45) is 4.65. The molecule has 1 unspecified atom stereocenters. The van der Waals surface area contributed by atoms with E-state index in [1.807, 2.05) is 10.7 Å². The van der Waals surface area contributed by atoms with Gasteiger partial charge in [0.25, 0.3) is 5.91 Å². The highest BCUT2D eigenvalue weighted by molar-refractivity contribution is 5.94. The zero-order valence-corrected chi connectivity index (χ0v) is 13.6. The minimum atomic E-state index is -0.208. The van der Waals surface area contributed by atoms with Crippen molar-refractivity contribution in [2.24, 2.45) is 5.92 Å². The summed E-state index contributed by atoms with van der Waals surface area (Å²) in [5.74, 6) is 0.378. The summed E-state index contributed by atoms with van der Waals surface area (Å²) >= 11 is 0. The Hall–Kier alpha value is -2.94. The minimum absolute atomic E-state index is 0.0873. The van der Waals surface area contributed by atoms with Gasteiger partial charge in [-0.15, -0.1) is 5.10 Å². The number of amides is 1. The van der Waals surface area contributed by atoms with Crippen molar-refractivity contribution >= 4 is 5.91 Å². The van der Waals surface area contributed by atoms with Crippen molar-refractivity contribution in [3.05, 3.63) is 41.8 Å². The summed E-state index contributed by atoms with van der Waals surface area (Å²) in [5, 5.41) is 15.0. The zero-order valence-electron chi connectivity index (χ0n) is 13.6. The second-order valence-electron chi connectivity index (χ2n) is 5.97. The highest BCUT2D eigenvalue weighted by Crippen LogP contribution is 2.24. The SMILES string of the molecule is Cc1oncc1C(=O)NCC1COCc2c(-c3ccoc3)nnn2C1. The standard InChI is InChI=1S/C16H17N5O4/c1-10-13(5-18-25-10)16(22)17-4-11-6-21-14(9-24-7-11)15(19-20-21)12-2-3-23-8-12/h2-3,5,8,11H,4,6-7,9H2,1H3,(H,17,22). The van der Waals surface area contributed by atoms with E-state index in [4.69, 9.17) is 13.7 Å². The first-order valence-corrected chi connectivity index (χ1v) is 7.94. The molecule has 4 heterocycles. The fourth-order valence-electron chi connectivity index (χ4n) is 2.84. The largest absolute Gasteiger partial charge is 0.472 e. The van der Waals surface area contributed by atoms with E-state index in [-0.39, 0.29) is 11.8 Å². The molecule has 1 aliphatic heterocycles. The van der Waals surface area contributed by atoms with E-state index in [1.165, 1.54) is 6.20 Å². The quantitative estimate of drug-likeness (QED) is 0.763.